The van der Waals surface area contributed by atoms with E-state index in [-0.39, 0.29) is 5.75 Å². The number of carbonyl (C=O) groups is 3. The van der Waals surface area contributed by atoms with Gasteiger partial charge in [-0.15, -0.1) is 0 Å². The van der Waals surface area contributed by atoms with Crippen LogP contribution < -0.4 is 10.7 Å². The molecule has 1 saturated carbocycles. The lowest BCUT2D eigenvalue weighted by Gasteiger charge is -2.33. The largest absolute Gasteiger partial charge is 0.344 e. The number of hydrogen-bond donors (Lipinski definition) is 2. The van der Waals surface area contributed by atoms with Crippen LogP contribution in [-0.4, -0.2) is 39.1 Å². The van der Waals surface area contributed by atoms with Crippen LogP contribution in [0.2, 0.25) is 0 Å². The van der Waals surface area contributed by atoms with Gasteiger partial charge in [0.25, 0.3) is 5.91 Å². The Balaban J connectivity index is 1.64. The smallest absolute Gasteiger partial charge is 0.322 e. The number of aromatic nitrogens is 1. The summed E-state index contributed by atoms with van der Waals surface area (Å²) in [5.74, 6) is -0.439. The van der Waals surface area contributed by atoms with E-state index in [0.29, 0.717) is 29.3 Å². The van der Waals surface area contributed by atoms with Crippen molar-refractivity contribution in [1.29, 1.82) is 5.26 Å². The van der Waals surface area contributed by atoms with Gasteiger partial charge >= 0.3 is 6.03 Å². The number of hydrazine groups is 1. The number of urea groups is 1. The molecule has 1 aliphatic carbocycles. The van der Waals surface area contributed by atoms with Crippen molar-refractivity contribution in [2.75, 3.05) is 5.75 Å². The van der Waals surface area contributed by atoms with E-state index in [2.05, 4.69) is 28.7 Å². The number of imide groups is 1. The van der Waals surface area contributed by atoms with E-state index in [1.54, 1.807) is 6.07 Å². The molecule has 1 spiro atoms. The molecular weight excluding hydrogens is 378 g/mol. The third-order valence-electron chi connectivity index (χ3n) is 5.29. The number of nitrogens with zero attached hydrogens (tertiary/aromatic N) is 3. The second kappa shape index (κ2) is 7.80. The molecule has 1 aromatic heterocycles. The maximum absolute atomic E-state index is 12.8. The summed E-state index contributed by atoms with van der Waals surface area (Å²) in [5.41, 5.74) is 3.47. The normalized spacial score (nSPS) is 24.2. The lowest BCUT2D eigenvalue weighted by Crippen LogP contribution is -2.51. The van der Waals surface area contributed by atoms with Crippen LogP contribution in [0.3, 0.4) is 0 Å². The molecule has 1 aliphatic heterocycles. The maximum atomic E-state index is 12.8. The van der Waals surface area contributed by atoms with Crippen LogP contribution in [-0.2, 0) is 9.59 Å². The van der Waals surface area contributed by atoms with Crippen molar-refractivity contribution < 1.29 is 14.4 Å². The molecule has 2 heterocycles. The Bertz CT molecular complexity index is 871. The maximum Gasteiger partial charge on any atom is 0.344 e. The summed E-state index contributed by atoms with van der Waals surface area (Å²) in [6.07, 6.45) is 2.88. The van der Waals surface area contributed by atoms with Crippen molar-refractivity contribution in [2.45, 2.75) is 57.0 Å². The molecule has 0 unspecified atom stereocenters. The molecule has 1 aromatic rings. The number of rotatable bonds is 4. The molecule has 1 saturated heterocycles. The molecule has 4 amide bonds. The third kappa shape index (κ3) is 3.83. The summed E-state index contributed by atoms with van der Waals surface area (Å²) in [6, 6.07) is 3.31. The van der Waals surface area contributed by atoms with Gasteiger partial charge in [-0.3, -0.25) is 15.0 Å². The first-order valence-corrected chi connectivity index (χ1v) is 10.2. The van der Waals surface area contributed by atoms with Crippen LogP contribution >= 0.6 is 11.8 Å². The number of hydrogen-bond acceptors (Lipinski definition) is 6. The summed E-state index contributed by atoms with van der Waals surface area (Å²) in [6.45, 7) is 5.76. The third-order valence-corrected chi connectivity index (χ3v) is 6.26. The summed E-state index contributed by atoms with van der Waals surface area (Å²) in [7, 11) is 0. The van der Waals surface area contributed by atoms with Crippen LogP contribution in [0, 0.1) is 31.1 Å². The van der Waals surface area contributed by atoms with Crippen molar-refractivity contribution in [3.05, 3.63) is 22.9 Å². The quantitative estimate of drug-likeness (QED) is 0.590. The molecule has 0 atom stereocenters. The van der Waals surface area contributed by atoms with Gasteiger partial charge in [0.05, 0.1) is 11.3 Å². The van der Waals surface area contributed by atoms with Crippen molar-refractivity contribution in [3.8, 4) is 6.07 Å². The fraction of sp³-hybridized carbons (Fsp3) is 0.526. The molecule has 8 nitrogen and oxygen atoms in total. The number of nitriles is 1. The fourth-order valence-corrected chi connectivity index (χ4v) is 4.54. The zero-order valence-corrected chi connectivity index (χ0v) is 17.0. The van der Waals surface area contributed by atoms with E-state index in [1.165, 1.54) is 0 Å². The molecule has 9 heteroatoms. The van der Waals surface area contributed by atoms with Gasteiger partial charge in [-0.25, -0.2) is 9.78 Å². The van der Waals surface area contributed by atoms with Gasteiger partial charge in [0.2, 0.25) is 5.91 Å². The number of aryl methyl sites for hydroxylation is 2. The first-order valence-electron chi connectivity index (χ1n) is 9.23. The van der Waals surface area contributed by atoms with Crippen LogP contribution in [0.15, 0.2) is 11.1 Å². The minimum atomic E-state index is -0.896. The van der Waals surface area contributed by atoms with Gasteiger partial charge < -0.3 is 5.32 Å². The van der Waals surface area contributed by atoms with Crippen LogP contribution in [0.1, 0.15) is 49.4 Å². The van der Waals surface area contributed by atoms with Gasteiger partial charge in [0, 0.05) is 5.69 Å². The molecule has 28 heavy (non-hydrogen) atoms. The molecule has 2 N–H and O–H groups in total. The highest BCUT2D eigenvalue weighted by Crippen LogP contribution is 2.35. The van der Waals surface area contributed by atoms with Gasteiger partial charge in [-0.05, 0) is 57.1 Å². The van der Waals surface area contributed by atoms with E-state index < -0.39 is 23.4 Å². The summed E-state index contributed by atoms with van der Waals surface area (Å²) in [5, 5.41) is 13.3. The SMILES string of the molecule is Cc1cc(C)c(C#N)c(SCC(=O)NN2C(=O)NC3(CCC(C)CC3)C2=O)n1. The molecule has 2 aliphatic rings. The zero-order chi connectivity index (χ0) is 20.5. The zero-order valence-electron chi connectivity index (χ0n) is 16.2. The highest BCUT2D eigenvalue weighted by Gasteiger charge is 2.52. The first kappa shape index (κ1) is 20.1. The van der Waals surface area contributed by atoms with Gasteiger partial charge in [0.1, 0.15) is 16.6 Å². The van der Waals surface area contributed by atoms with Crippen molar-refractivity contribution in [1.82, 2.24) is 20.7 Å². The van der Waals surface area contributed by atoms with Crippen molar-refractivity contribution in [2.24, 2.45) is 5.92 Å². The fourth-order valence-electron chi connectivity index (χ4n) is 3.65. The lowest BCUT2D eigenvalue weighted by molar-refractivity contribution is -0.139. The van der Waals surface area contributed by atoms with Crippen molar-refractivity contribution >= 4 is 29.6 Å². The second-order valence-corrected chi connectivity index (χ2v) is 8.50. The lowest BCUT2D eigenvalue weighted by atomic mass is 9.77. The molecule has 148 valence electrons. The van der Waals surface area contributed by atoms with Crippen LogP contribution in [0.5, 0.6) is 0 Å². The topological polar surface area (TPSA) is 115 Å². The Morgan fingerprint density at radius 2 is 2.11 bits per heavy atom. The Hall–Kier alpha value is -2.60. The minimum absolute atomic E-state index is 0.0638. The monoisotopic (exact) mass is 401 g/mol. The van der Waals surface area contributed by atoms with Gasteiger partial charge in [0.15, 0.2) is 0 Å². The number of carbonyl (C=O) groups excluding carboxylic acids is 3. The average Bonchev–Trinajstić information content (AvgIpc) is 2.86. The summed E-state index contributed by atoms with van der Waals surface area (Å²) in [4.78, 5) is 41.7. The first-order chi connectivity index (χ1) is 13.3. The van der Waals surface area contributed by atoms with Gasteiger partial charge in [-0.1, -0.05) is 18.7 Å². The van der Waals surface area contributed by atoms with E-state index in [1.807, 2.05) is 13.8 Å². The standard InChI is InChI=1S/C19H23N5O3S/c1-11-4-6-19(7-5-11)17(26)24(18(27)22-19)23-15(25)10-28-16-14(9-20)12(2)8-13(3)21-16/h8,11H,4-7,10H2,1-3H3,(H,22,27)(H,23,25). The Morgan fingerprint density at radius 1 is 1.43 bits per heavy atom. The molecule has 0 aromatic carbocycles. The van der Waals surface area contributed by atoms with Crippen molar-refractivity contribution in [3.63, 3.8) is 0 Å². The average molecular weight is 401 g/mol. The minimum Gasteiger partial charge on any atom is -0.322 e. The van der Waals surface area contributed by atoms with E-state index in [0.717, 1.165) is 40.9 Å². The van der Waals surface area contributed by atoms with Crippen LogP contribution in [0.25, 0.3) is 0 Å². The van der Waals surface area contributed by atoms with Crippen LogP contribution in [0.4, 0.5) is 4.79 Å². The van der Waals surface area contributed by atoms with E-state index in [4.69, 9.17) is 0 Å². The summed E-state index contributed by atoms with van der Waals surface area (Å²) >= 11 is 1.11. The molecule has 3 rings (SSSR count). The number of nitrogens with one attached hydrogen (secondary N) is 2. The van der Waals surface area contributed by atoms with E-state index in [9.17, 15) is 19.6 Å². The number of amides is 4. The second-order valence-electron chi connectivity index (χ2n) is 7.53. The Kier molecular flexibility index (Phi) is 5.61. The Labute approximate surface area is 168 Å². The van der Waals surface area contributed by atoms with Gasteiger partial charge in [-0.2, -0.15) is 10.3 Å². The Morgan fingerprint density at radius 3 is 2.75 bits per heavy atom. The molecule has 0 radical (unpaired) electrons. The predicted molar refractivity (Wildman–Crippen MR) is 103 cm³/mol. The molecule has 0 bridgehead atoms. The molecule has 2 fully saturated rings. The highest BCUT2D eigenvalue weighted by molar-refractivity contribution is 8.00. The number of pyridine rings is 1. The summed E-state index contributed by atoms with van der Waals surface area (Å²) < 4.78 is 0. The van der Waals surface area contributed by atoms with E-state index >= 15 is 0 Å². The predicted octanol–water partition coefficient (Wildman–Crippen LogP) is 2.19. The number of thioether (sulfide) groups is 1. The highest BCUT2D eigenvalue weighted by atomic mass is 32.2. The molecular formula is C19H23N5O3S.